The monoisotopic (exact) mass is 369 g/mol. The molecular weight excluding hydrogens is 354 g/mol. The number of ether oxygens (including phenoxy) is 2. The first-order valence-corrected chi connectivity index (χ1v) is 8.53. The predicted octanol–water partition coefficient (Wildman–Crippen LogP) is 3.10. The first-order chi connectivity index (χ1) is 12.7. The van der Waals surface area contributed by atoms with Crippen LogP contribution in [0.1, 0.15) is 10.5 Å². The number of nitrogens with zero attached hydrogens (tertiary/aromatic N) is 2. The second-order valence-electron chi connectivity index (χ2n) is 5.85. The lowest BCUT2D eigenvalue weighted by atomic mass is 10.2. The Morgan fingerprint density at radius 2 is 1.96 bits per heavy atom. The van der Waals surface area contributed by atoms with Crippen LogP contribution in [-0.2, 0) is 0 Å². The van der Waals surface area contributed by atoms with Crippen molar-refractivity contribution in [3.63, 3.8) is 0 Å². The molecule has 7 heteroatoms. The molecule has 0 aliphatic carbocycles. The molecule has 0 radical (unpaired) electrons. The molecule has 6 nitrogen and oxygen atoms in total. The Kier molecular flexibility index (Phi) is 4.50. The van der Waals surface area contributed by atoms with Crippen LogP contribution in [0.5, 0.6) is 11.5 Å². The number of hydrogen-bond donors (Lipinski definition) is 1. The molecule has 0 fully saturated rings. The highest BCUT2D eigenvalue weighted by molar-refractivity contribution is 6.30. The number of aromatic nitrogens is 2. The molecule has 0 bridgehead atoms. The first kappa shape index (κ1) is 16.5. The summed E-state index contributed by atoms with van der Waals surface area (Å²) in [6.45, 7) is 0.720. The fourth-order valence-electron chi connectivity index (χ4n) is 2.66. The number of carbonyl (C=O) groups is 1. The van der Waals surface area contributed by atoms with Crippen molar-refractivity contribution in [2.24, 2.45) is 0 Å². The van der Waals surface area contributed by atoms with Crippen molar-refractivity contribution in [3.8, 4) is 17.2 Å². The van der Waals surface area contributed by atoms with Crippen molar-refractivity contribution in [1.82, 2.24) is 14.9 Å². The normalized spacial score (nSPS) is 15.5. The fraction of sp³-hybridized carbons (Fsp3) is 0.158. The third kappa shape index (κ3) is 3.50. The molecule has 132 valence electrons. The van der Waals surface area contributed by atoms with Crippen molar-refractivity contribution in [2.45, 2.75) is 6.10 Å². The van der Waals surface area contributed by atoms with E-state index in [0.717, 1.165) is 11.4 Å². The third-order valence-corrected chi connectivity index (χ3v) is 4.25. The minimum atomic E-state index is -0.264. The number of amides is 1. The zero-order valence-electron chi connectivity index (χ0n) is 13.8. The molecule has 0 saturated heterocycles. The highest BCUT2D eigenvalue weighted by atomic mass is 35.5. The highest BCUT2D eigenvalue weighted by Gasteiger charge is 2.21. The number of imidazole rings is 1. The Labute approximate surface area is 155 Å². The van der Waals surface area contributed by atoms with Crippen molar-refractivity contribution >= 4 is 17.5 Å². The van der Waals surface area contributed by atoms with Gasteiger partial charge < -0.3 is 19.4 Å². The zero-order chi connectivity index (χ0) is 17.9. The lowest BCUT2D eigenvalue weighted by molar-refractivity contribution is 0.0786. The Bertz CT molecular complexity index is 924. The Hall–Kier alpha value is -2.99. The number of nitrogens with one attached hydrogen (secondary N) is 1. The van der Waals surface area contributed by atoms with E-state index in [2.05, 4.69) is 10.3 Å². The van der Waals surface area contributed by atoms with Gasteiger partial charge >= 0.3 is 0 Å². The molecule has 2 aromatic carbocycles. The molecule has 1 unspecified atom stereocenters. The SMILES string of the molecule is O=C(NCC1COc2ccccc2O1)c1cn(-c2ccc(Cl)cc2)cn1. The molecular formula is C19H16ClN3O3. The Balaban J connectivity index is 1.36. The summed E-state index contributed by atoms with van der Waals surface area (Å²) in [5.41, 5.74) is 1.21. The largest absolute Gasteiger partial charge is 0.486 e. The van der Waals surface area contributed by atoms with Crippen molar-refractivity contribution in [3.05, 3.63) is 71.8 Å². The molecule has 1 aromatic heterocycles. The zero-order valence-corrected chi connectivity index (χ0v) is 14.5. The number of rotatable bonds is 4. The molecule has 1 aliphatic heterocycles. The Morgan fingerprint density at radius 3 is 2.77 bits per heavy atom. The standard InChI is InChI=1S/C19H16ClN3O3/c20-13-5-7-14(8-6-13)23-10-16(22-12-23)19(24)21-9-15-11-25-17-3-1-2-4-18(17)26-15/h1-8,10,12,15H,9,11H2,(H,21,24). The topological polar surface area (TPSA) is 65.4 Å². The van der Waals surface area contributed by atoms with Gasteiger partial charge in [-0.3, -0.25) is 4.79 Å². The van der Waals surface area contributed by atoms with Crippen LogP contribution in [-0.4, -0.2) is 34.7 Å². The van der Waals surface area contributed by atoms with E-state index in [0.29, 0.717) is 29.6 Å². The van der Waals surface area contributed by atoms with Gasteiger partial charge in [0, 0.05) is 16.9 Å². The minimum absolute atomic E-state index is 0.243. The molecule has 3 aromatic rings. The van der Waals surface area contributed by atoms with Gasteiger partial charge in [-0.25, -0.2) is 4.98 Å². The summed E-state index contributed by atoms with van der Waals surface area (Å²) in [6, 6.07) is 14.8. The van der Waals surface area contributed by atoms with Gasteiger partial charge in [0.2, 0.25) is 0 Å². The number of hydrogen-bond acceptors (Lipinski definition) is 4. The van der Waals surface area contributed by atoms with Gasteiger partial charge in [-0.1, -0.05) is 23.7 Å². The molecule has 26 heavy (non-hydrogen) atoms. The van der Waals surface area contributed by atoms with E-state index in [4.69, 9.17) is 21.1 Å². The summed E-state index contributed by atoms with van der Waals surface area (Å²) in [6.07, 6.45) is 3.02. The fourth-order valence-corrected chi connectivity index (χ4v) is 2.78. The van der Waals surface area contributed by atoms with Crippen LogP contribution in [0.3, 0.4) is 0 Å². The molecule has 0 saturated carbocycles. The van der Waals surface area contributed by atoms with E-state index in [1.165, 1.54) is 0 Å². The summed E-state index contributed by atoms with van der Waals surface area (Å²) in [5.74, 6) is 1.14. The van der Waals surface area contributed by atoms with Crippen LogP contribution >= 0.6 is 11.6 Å². The number of halogens is 1. The van der Waals surface area contributed by atoms with Gasteiger partial charge in [0.05, 0.1) is 6.54 Å². The summed E-state index contributed by atoms with van der Waals surface area (Å²) >= 11 is 5.89. The summed E-state index contributed by atoms with van der Waals surface area (Å²) in [5, 5.41) is 3.49. The molecule has 1 aliphatic rings. The van der Waals surface area contributed by atoms with Crippen molar-refractivity contribution in [2.75, 3.05) is 13.2 Å². The van der Waals surface area contributed by atoms with Gasteiger partial charge in [-0.2, -0.15) is 0 Å². The van der Waals surface area contributed by atoms with Gasteiger partial charge in [-0.05, 0) is 36.4 Å². The average molecular weight is 370 g/mol. The maximum atomic E-state index is 12.3. The number of benzene rings is 2. The lowest BCUT2D eigenvalue weighted by Crippen LogP contribution is -2.40. The molecule has 4 rings (SSSR count). The van der Waals surface area contributed by atoms with Crippen LogP contribution in [0.4, 0.5) is 0 Å². The van der Waals surface area contributed by atoms with E-state index in [1.807, 2.05) is 36.4 Å². The highest BCUT2D eigenvalue weighted by Crippen LogP contribution is 2.30. The molecule has 0 spiro atoms. The maximum Gasteiger partial charge on any atom is 0.271 e. The quantitative estimate of drug-likeness (QED) is 0.767. The smallest absolute Gasteiger partial charge is 0.271 e. The average Bonchev–Trinajstić information content (AvgIpc) is 3.17. The van der Waals surface area contributed by atoms with Crippen molar-refractivity contribution in [1.29, 1.82) is 0 Å². The van der Waals surface area contributed by atoms with Crippen LogP contribution in [0.15, 0.2) is 61.1 Å². The van der Waals surface area contributed by atoms with Gasteiger partial charge in [0.15, 0.2) is 11.5 Å². The van der Waals surface area contributed by atoms with Crippen LogP contribution in [0, 0.1) is 0 Å². The summed E-state index contributed by atoms with van der Waals surface area (Å²) < 4.78 is 13.2. The van der Waals surface area contributed by atoms with E-state index >= 15 is 0 Å². The third-order valence-electron chi connectivity index (χ3n) is 4.00. The van der Waals surface area contributed by atoms with Crippen LogP contribution < -0.4 is 14.8 Å². The Morgan fingerprint density at radius 1 is 1.19 bits per heavy atom. The van der Waals surface area contributed by atoms with E-state index in [1.54, 1.807) is 29.2 Å². The van der Waals surface area contributed by atoms with Crippen LogP contribution in [0.2, 0.25) is 5.02 Å². The van der Waals surface area contributed by atoms with E-state index < -0.39 is 0 Å². The minimum Gasteiger partial charge on any atom is -0.486 e. The molecule has 1 atom stereocenters. The van der Waals surface area contributed by atoms with Crippen LogP contribution in [0.25, 0.3) is 5.69 Å². The second-order valence-corrected chi connectivity index (χ2v) is 6.29. The second kappa shape index (κ2) is 7.09. The predicted molar refractivity (Wildman–Crippen MR) is 97.3 cm³/mol. The number of fused-ring (bicyclic) bond motifs is 1. The maximum absolute atomic E-state index is 12.3. The number of para-hydroxylation sites is 2. The van der Waals surface area contributed by atoms with Gasteiger partial charge in [-0.15, -0.1) is 0 Å². The van der Waals surface area contributed by atoms with Crippen molar-refractivity contribution < 1.29 is 14.3 Å². The summed E-state index contributed by atoms with van der Waals surface area (Å²) in [4.78, 5) is 16.5. The lowest BCUT2D eigenvalue weighted by Gasteiger charge is -2.26. The number of carbonyl (C=O) groups excluding carboxylic acids is 1. The van der Waals surface area contributed by atoms with Gasteiger partial charge in [0.1, 0.15) is 24.7 Å². The summed E-state index contributed by atoms with van der Waals surface area (Å²) in [7, 11) is 0. The van der Waals surface area contributed by atoms with Gasteiger partial charge in [0.25, 0.3) is 5.91 Å². The molecule has 1 N–H and O–H groups in total. The van der Waals surface area contributed by atoms with E-state index in [9.17, 15) is 4.79 Å². The molecule has 1 amide bonds. The molecule has 2 heterocycles. The van der Waals surface area contributed by atoms with E-state index in [-0.39, 0.29) is 12.0 Å². The first-order valence-electron chi connectivity index (χ1n) is 8.15.